The number of primary amides is 1. The molecule has 3 N–H and O–H groups in total. The molecule has 0 aromatic carbocycles. The van der Waals surface area contributed by atoms with Crippen LogP contribution < -0.4 is 11.1 Å². The van der Waals surface area contributed by atoms with Crippen LogP contribution in [0.2, 0.25) is 0 Å². The Morgan fingerprint density at radius 3 is 2.87 bits per heavy atom. The summed E-state index contributed by atoms with van der Waals surface area (Å²) in [5, 5.41) is 6.80. The second-order valence-electron chi connectivity index (χ2n) is 5.36. The summed E-state index contributed by atoms with van der Waals surface area (Å²) in [5.74, 6) is 0.218. The van der Waals surface area contributed by atoms with Gasteiger partial charge < -0.3 is 16.0 Å². The second-order valence-corrected chi connectivity index (χ2v) is 5.36. The van der Waals surface area contributed by atoms with Gasteiger partial charge in [0.2, 0.25) is 5.91 Å². The van der Waals surface area contributed by atoms with Crippen LogP contribution in [0, 0.1) is 5.92 Å². The number of hydrogen-bond donors (Lipinski definition) is 2. The molecule has 0 aliphatic carbocycles. The van der Waals surface area contributed by atoms with Crippen LogP contribution in [-0.4, -0.2) is 49.7 Å². The van der Waals surface area contributed by atoms with Gasteiger partial charge in [0.15, 0.2) is 5.82 Å². The lowest BCUT2D eigenvalue weighted by molar-refractivity contribution is -0.121. The molecule has 2 aromatic heterocycles. The summed E-state index contributed by atoms with van der Waals surface area (Å²) in [6.45, 7) is 0.957. The van der Waals surface area contributed by atoms with Crippen molar-refractivity contribution in [3.63, 3.8) is 0 Å². The van der Waals surface area contributed by atoms with E-state index in [-0.39, 0.29) is 11.8 Å². The third kappa shape index (κ3) is 3.44. The number of nitrogens with two attached hydrogens (primary N) is 1. The van der Waals surface area contributed by atoms with Crippen LogP contribution in [0.1, 0.15) is 12.8 Å². The number of piperidine rings is 1. The highest BCUT2D eigenvalue weighted by molar-refractivity contribution is 5.93. The van der Waals surface area contributed by atoms with Gasteiger partial charge in [0.05, 0.1) is 17.8 Å². The Balaban J connectivity index is 1.62. The summed E-state index contributed by atoms with van der Waals surface area (Å²) in [5.41, 5.74) is 5.87. The van der Waals surface area contributed by atoms with Crippen LogP contribution in [0.15, 0.2) is 31.0 Å². The minimum Gasteiger partial charge on any atom is -0.351 e. The number of likely N-dealkylation sites (tertiary alicyclic amines) is 1. The number of hydrogen-bond acceptors (Lipinski definition) is 5. The first kappa shape index (κ1) is 14.9. The maximum absolute atomic E-state index is 12.3. The lowest BCUT2D eigenvalue weighted by atomic mass is 9.97. The lowest BCUT2D eigenvalue weighted by Gasteiger charge is -2.30. The maximum Gasteiger partial charge on any atom is 0.314 e. The number of urea groups is 1. The molecule has 9 nitrogen and oxygen atoms in total. The average molecular weight is 315 g/mol. The fraction of sp³-hybridized carbons (Fsp3) is 0.357. The van der Waals surface area contributed by atoms with Crippen molar-refractivity contribution in [3.8, 4) is 5.82 Å². The molecule has 23 heavy (non-hydrogen) atoms. The summed E-state index contributed by atoms with van der Waals surface area (Å²) in [6.07, 6.45) is 6.03. The highest BCUT2D eigenvalue weighted by atomic mass is 16.2. The highest BCUT2D eigenvalue weighted by Crippen LogP contribution is 2.18. The molecule has 9 heteroatoms. The molecule has 1 fully saturated rings. The van der Waals surface area contributed by atoms with Gasteiger partial charge in [-0.05, 0) is 25.0 Å². The molecule has 1 aliphatic heterocycles. The van der Waals surface area contributed by atoms with Gasteiger partial charge in [-0.1, -0.05) is 0 Å². The quantitative estimate of drug-likeness (QED) is 0.849. The van der Waals surface area contributed by atoms with Crippen molar-refractivity contribution in [2.45, 2.75) is 12.8 Å². The van der Waals surface area contributed by atoms with Crippen molar-refractivity contribution in [2.24, 2.45) is 11.7 Å². The fourth-order valence-electron chi connectivity index (χ4n) is 2.56. The predicted molar refractivity (Wildman–Crippen MR) is 81.7 cm³/mol. The Labute approximate surface area is 132 Å². The van der Waals surface area contributed by atoms with Gasteiger partial charge >= 0.3 is 6.03 Å². The zero-order chi connectivity index (χ0) is 16.2. The van der Waals surface area contributed by atoms with Gasteiger partial charge in [-0.2, -0.15) is 5.10 Å². The third-order valence-electron chi connectivity index (χ3n) is 3.77. The fourth-order valence-corrected chi connectivity index (χ4v) is 2.56. The van der Waals surface area contributed by atoms with Gasteiger partial charge in [0, 0.05) is 13.1 Å². The highest BCUT2D eigenvalue weighted by Gasteiger charge is 2.27. The van der Waals surface area contributed by atoms with Crippen LogP contribution in [0.4, 0.5) is 10.5 Å². The van der Waals surface area contributed by atoms with E-state index in [0.717, 1.165) is 12.8 Å². The molecule has 3 amide bonds. The van der Waals surface area contributed by atoms with E-state index in [1.165, 1.54) is 15.9 Å². The van der Waals surface area contributed by atoms with Crippen LogP contribution in [0.25, 0.3) is 5.82 Å². The number of carbonyl (C=O) groups excluding carboxylic acids is 2. The Morgan fingerprint density at radius 2 is 2.22 bits per heavy atom. The van der Waals surface area contributed by atoms with Gasteiger partial charge in [0.25, 0.3) is 0 Å². The van der Waals surface area contributed by atoms with Crippen LogP contribution in [0.5, 0.6) is 0 Å². The average Bonchev–Trinajstić information content (AvgIpc) is 3.10. The molecule has 0 saturated carbocycles. The summed E-state index contributed by atoms with van der Waals surface area (Å²) in [4.78, 5) is 33.1. The van der Waals surface area contributed by atoms with E-state index in [1.54, 1.807) is 24.7 Å². The first-order valence-corrected chi connectivity index (χ1v) is 7.30. The number of nitrogens with zero attached hydrogens (tertiary/aromatic N) is 5. The van der Waals surface area contributed by atoms with Crippen LogP contribution >= 0.6 is 0 Å². The SMILES string of the molecule is NC(=O)N1CCCC(C(=O)Nc2ccc(-n3cncn3)nc2)C1. The van der Waals surface area contributed by atoms with Crippen molar-refractivity contribution in [3.05, 3.63) is 31.0 Å². The Hall–Kier alpha value is -2.97. The van der Waals surface area contributed by atoms with E-state index >= 15 is 0 Å². The first-order valence-electron chi connectivity index (χ1n) is 7.30. The zero-order valence-corrected chi connectivity index (χ0v) is 12.4. The Kier molecular flexibility index (Phi) is 4.18. The third-order valence-corrected chi connectivity index (χ3v) is 3.77. The molecule has 0 spiro atoms. The molecule has 1 atom stereocenters. The first-order chi connectivity index (χ1) is 11.1. The number of nitrogens with one attached hydrogen (secondary N) is 1. The van der Waals surface area contributed by atoms with E-state index in [9.17, 15) is 9.59 Å². The van der Waals surface area contributed by atoms with Crippen LogP contribution in [0.3, 0.4) is 0 Å². The second kappa shape index (κ2) is 6.42. The predicted octanol–water partition coefficient (Wildman–Crippen LogP) is 0.391. The standard InChI is InChI=1S/C14H17N7O2/c15-14(23)20-5-1-2-10(7-20)13(22)19-11-3-4-12(17-6-11)21-9-16-8-18-21/h3-4,6,8-10H,1-2,5,7H2,(H2,15,23)(H,19,22). The normalized spacial score (nSPS) is 17.7. The summed E-state index contributed by atoms with van der Waals surface area (Å²) in [7, 11) is 0. The van der Waals surface area contributed by atoms with E-state index in [2.05, 4.69) is 20.4 Å². The van der Waals surface area contributed by atoms with Crippen molar-refractivity contribution in [2.75, 3.05) is 18.4 Å². The maximum atomic E-state index is 12.3. The van der Waals surface area contributed by atoms with Crippen molar-refractivity contribution >= 4 is 17.6 Å². The Morgan fingerprint density at radius 1 is 1.35 bits per heavy atom. The number of aromatic nitrogens is 4. The smallest absolute Gasteiger partial charge is 0.314 e. The summed E-state index contributed by atoms with van der Waals surface area (Å²) in [6, 6.07) is 3.00. The minimum absolute atomic E-state index is 0.133. The molecular formula is C14H17N7O2. The molecule has 1 aliphatic rings. The molecule has 0 bridgehead atoms. The number of rotatable bonds is 3. The largest absolute Gasteiger partial charge is 0.351 e. The molecule has 120 valence electrons. The monoisotopic (exact) mass is 315 g/mol. The number of pyridine rings is 1. The van der Waals surface area contributed by atoms with Crippen molar-refractivity contribution < 1.29 is 9.59 Å². The van der Waals surface area contributed by atoms with Gasteiger partial charge in [0.1, 0.15) is 12.7 Å². The molecule has 2 aromatic rings. The van der Waals surface area contributed by atoms with Crippen molar-refractivity contribution in [1.82, 2.24) is 24.6 Å². The lowest BCUT2D eigenvalue weighted by Crippen LogP contribution is -2.46. The molecule has 3 heterocycles. The van der Waals surface area contributed by atoms with E-state index in [1.807, 2.05) is 0 Å². The van der Waals surface area contributed by atoms with Gasteiger partial charge in [-0.15, -0.1) is 0 Å². The molecule has 0 radical (unpaired) electrons. The van der Waals surface area contributed by atoms with Gasteiger partial charge in [-0.3, -0.25) is 4.79 Å². The molecular weight excluding hydrogens is 298 g/mol. The molecule has 3 rings (SSSR count). The van der Waals surface area contributed by atoms with Crippen LogP contribution in [-0.2, 0) is 4.79 Å². The van der Waals surface area contributed by atoms with Gasteiger partial charge in [-0.25, -0.2) is 19.4 Å². The number of amides is 3. The van der Waals surface area contributed by atoms with E-state index < -0.39 is 6.03 Å². The molecule has 1 saturated heterocycles. The van der Waals surface area contributed by atoms with E-state index in [4.69, 9.17) is 5.73 Å². The van der Waals surface area contributed by atoms with E-state index in [0.29, 0.717) is 24.6 Å². The summed E-state index contributed by atoms with van der Waals surface area (Å²) >= 11 is 0. The summed E-state index contributed by atoms with van der Waals surface area (Å²) < 4.78 is 1.53. The number of carbonyl (C=O) groups is 2. The minimum atomic E-state index is -0.485. The topological polar surface area (TPSA) is 119 Å². The zero-order valence-electron chi connectivity index (χ0n) is 12.4. The Bertz CT molecular complexity index is 684. The molecule has 1 unspecified atom stereocenters. The van der Waals surface area contributed by atoms with Crippen molar-refractivity contribution in [1.29, 1.82) is 0 Å². The number of anilines is 1.